The summed E-state index contributed by atoms with van der Waals surface area (Å²) in [6, 6.07) is 4.89. The molecule has 5 rings (SSSR count). The van der Waals surface area contributed by atoms with Gasteiger partial charge in [0.1, 0.15) is 11.4 Å². The third-order valence-electron chi connectivity index (χ3n) is 7.08. The molecule has 2 aliphatic rings. The number of nitrogens with zero attached hydrogens (tertiary/aromatic N) is 1. The maximum Gasteiger partial charge on any atom is 0.255 e. The number of carbonyl (C=O) groups is 1. The number of halogens is 4. The van der Waals surface area contributed by atoms with Crippen molar-refractivity contribution in [3.63, 3.8) is 0 Å². The number of imidazole rings is 1. The number of amides is 1. The van der Waals surface area contributed by atoms with Crippen molar-refractivity contribution in [3.8, 4) is 0 Å². The fraction of sp³-hybridized carbons (Fsp3) is 0.333. The van der Waals surface area contributed by atoms with E-state index < -0.39 is 44.0 Å². The van der Waals surface area contributed by atoms with Gasteiger partial charge in [0.15, 0.2) is 27.3 Å². The normalized spacial score (nSPS) is 25.6. The molecule has 3 aromatic rings. The lowest BCUT2D eigenvalue weighted by molar-refractivity contribution is -0.0310. The van der Waals surface area contributed by atoms with Gasteiger partial charge in [-0.2, -0.15) is 0 Å². The van der Waals surface area contributed by atoms with Crippen molar-refractivity contribution < 1.29 is 31.5 Å². The predicted octanol–water partition coefficient (Wildman–Crippen LogP) is 4.58. The van der Waals surface area contributed by atoms with E-state index in [0.29, 0.717) is 30.8 Å². The van der Waals surface area contributed by atoms with Crippen LogP contribution in [0.4, 0.5) is 18.9 Å². The van der Waals surface area contributed by atoms with E-state index >= 15 is 0 Å². The van der Waals surface area contributed by atoms with Gasteiger partial charge in [-0.1, -0.05) is 11.6 Å². The molecule has 2 atom stereocenters. The SMILES string of the molecule is O=C(Nc1cc(F)c(F)c(F)c1)c1ccc(Cl)c(S(=O)(=O)C2C3CCC2CC(O)(c2ncc[nH]2)C3)c1. The zero-order chi connectivity index (χ0) is 25.8. The van der Waals surface area contributed by atoms with Crippen molar-refractivity contribution in [2.24, 2.45) is 11.8 Å². The van der Waals surface area contributed by atoms with E-state index in [2.05, 4.69) is 15.3 Å². The quantitative estimate of drug-likeness (QED) is 0.411. The zero-order valence-electron chi connectivity index (χ0n) is 18.6. The maximum absolute atomic E-state index is 13.8. The third kappa shape index (κ3) is 4.18. The standard InChI is InChI=1S/C24H21ClF3N3O4S/c25-16-4-3-12(22(32)31-15-8-17(26)20(28)18(27)9-15)7-19(16)36(34,35)21-13-1-2-14(21)11-24(33,10-13)23-29-5-6-30-23/h3-9,13-14,21,33H,1-2,10-11H2,(H,29,30)(H,31,32). The lowest BCUT2D eigenvalue weighted by Crippen LogP contribution is -2.45. The smallest absolute Gasteiger partial charge is 0.255 e. The predicted molar refractivity (Wildman–Crippen MR) is 125 cm³/mol. The first-order valence-corrected chi connectivity index (χ1v) is 13.1. The van der Waals surface area contributed by atoms with Crippen LogP contribution < -0.4 is 5.32 Å². The van der Waals surface area contributed by atoms with E-state index in [1.165, 1.54) is 18.3 Å². The molecule has 2 bridgehead atoms. The minimum Gasteiger partial charge on any atom is -0.382 e. The van der Waals surface area contributed by atoms with Gasteiger partial charge < -0.3 is 15.4 Å². The number of aromatic nitrogens is 2. The largest absolute Gasteiger partial charge is 0.382 e. The fourth-order valence-electron chi connectivity index (χ4n) is 5.59. The van der Waals surface area contributed by atoms with Crippen LogP contribution in [-0.2, 0) is 15.4 Å². The van der Waals surface area contributed by atoms with Crippen LogP contribution in [0, 0.1) is 29.3 Å². The molecule has 2 aliphatic carbocycles. The van der Waals surface area contributed by atoms with E-state index in [-0.39, 0.29) is 45.8 Å². The van der Waals surface area contributed by atoms with Gasteiger partial charge in [0.05, 0.1) is 15.2 Å². The molecule has 0 radical (unpaired) electrons. The summed E-state index contributed by atoms with van der Waals surface area (Å²) >= 11 is 6.26. The van der Waals surface area contributed by atoms with Gasteiger partial charge in [-0.25, -0.2) is 26.6 Å². The molecule has 1 amide bonds. The van der Waals surface area contributed by atoms with Crippen molar-refractivity contribution in [1.29, 1.82) is 0 Å². The van der Waals surface area contributed by atoms with Crippen molar-refractivity contribution in [1.82, 2.24) is 9.97 Å². The van der Waals surface area contributed by atoms with Crippen molar-refractivity contribution in [2.75, 3.05) is 5.32 Å². The molecule has 7 nitrogen and oxygen atoms in total. The second kappa shape index (κ2) is 8.89. The second-order valence-electron chi connectivity index (χ2n) is 9.34. The Labute approximate surface area is 209 Å². The van der Waals surface area contributed by atoms with E-state index in [1.54, 1.807) is 6.20 Å². The number of sulfone groups is 1. The number of aromatic amines is 1. The number of carbonyl (C=O) groups excluding carboxylic acids is 1. The number of fused-ring (bicyclic) bond motifs is 2. The van der Waals surface area contributed by atoms with Crippen LogP contribution >= 0.6 is 11.6 Å². The molecule has 0 aliphatic heterocycles. The number of nitrogens with one attached hydrogen (secondary N) is 2. The van der Waals surface area contributed by atoms with Gasteiger partial charge in [0.2, 0.25) is 0 Å². The maximum atomic E-state index is 13.8. The Kier molecular flexibility index (Phi) is 6.12. The van der Waals surface area contributed by atoms with Crippen LogP contribution in [0.3, 0.4) is 0 Å². The highest BCUT2D eigenvalue weighted by Gasteiger charge is 2.55. The van der Waals surface area contributed by atoms with Crippen LogP contribution in [0.15, 0.2) is 47.6 Å². The summed E-state index contributed by atoms with van der Waals surface area (Å²) in [5.74, 6) is -5.77. The molecule has 2 saturated carbocycles. The Balaban J connectivity index is 1.42. The summed E-state index contributed by atoms with van der Waals surface area (Å²) in [4.78, 5) is 19.6. The highest BCUT2D eigenvalue weighted by molar-refractivity contribution is 7.92. The van der Waals surface area contributed by atoms with Gasteiger partial charge in [-0.3, -0.25) is 4.79 Å². The van der Waals surface area contributed by atoms with Crippen LogP contribution in [0.5, 0.6) is 0 Å². The molecule has 0 saturated heterocycles. The molecule has 1 heterocycles. The zero-order valence-corrected chi connectivity index (χ0v) is 20.2. The summed E-state index contributed by atoms with van der Waals surface area (Å²) in [5, 5.41) is 12.5. The molecular formula is C24H21ClF3N3O4S. The molecule has 3 N–H and O–H groups in total. The number of H-pyrrole nitrogens is 1. The lowest BCUT2D eigenvalue weighted by atomic mass is 9.76. The monoisotopic (exact) mass is 539 g/mol. The average Bonchev–Trinajstić information content (AvgIpc) is 3.46. The molecule has 2 aromatic carbocycles. The number of hydrogen-bond acceptors (Lipinski definition) is 5. The first kappa shape index (κ1) is 24.8. The number of hydrogen-bond donors (Lipinski definition) is 3. The number of anilines is 1. The summed E-state index contributed by atoms with van der Waals surface area (Å²) in [6.07, 6.45) is 4.76. The highest BCUT2D eigenvalue weighted by atomic mass is 35.5. The minimum atomic E-state index is -4.02. The van der Waals surface area contributed by atoms with E-state index in [1.807, 2.05) is 0 Å². The van der Waals surface area contributed by atoms with Gasteiger partial charge in [0, 0.05) is 35.8 Å². The van der Waals surface area contributed by atoms with Crippen molar-refractivity contribution in [3.05, 3.63) is 76.6 Å². The van der Waals surface area contributed by atoms with Gasteiger partial charge >= 0.3 is 0 Å². The molecule has 2 unspecified atom stereocenters. The Bertz CT molecular complexity index is 1410. The summed E-state index contributed by atoms with van der Waals surface area (Å²) in [6.45, 7) is 0. The number of benzene rings is 2. The van der Waals surface area contributed by atoms with Gasteiger partial charge in [-0.05, 0) is 55.7 Å². The topological polar surface area (TPSA) is 112 Å². The molecule has 12 heteroatoms. The van der Waals surface area contributed by atoms with Gasteiger partial charge in [-0.15, -0.1) is 0 Å². The first-order chi connectivity index (χ1) is 17.0. The van der Waals surface area contributed by atoms with Crippen LogP contribution in [-0.4, -0.2) is 34.6 Å². The highest BCUT2D eigenvalue weighted by Crippen LogP contribution is 2.53. The van der Waals surface area contributed by atoms with Crippen LogP contribution in [0.2, 0.25) is 5.02 Å². The third-order valence-corrected chi connectivity index (χ3v) is 9.96. The Morgan fingerprint density at radius 2 is 1.75 bits per heavy atom. The van der Waals surface area contributed by atoms with Crippen LogP contribution in [0.25, 0.3) is 0 Å². The molecule has 190 valence electrons. The van der Waals surface area contributed by atoms with Crippen LogP contribution in [0.1, 0.15) is 41.9 Å². The number of rotatable bonds is 5. The number of aliphatic hydroxyl groups is 1. The summed E-state index contributed by atoms with van der Waals surface area (Å²) in [5.41, 5.74) is -1.70. The van der Waals surface area contributed by atoms with E-state index in [4.69, 9.17) is 11.6 Å². The summed E-state index contributed by atoms with van der Waals surface area (Å²) in [7, 11) is -4.02. The van der Waals surface area contributed by atoms with E-state index in [9.17, 15) is 31.5 Å². The average molecular weight is 540 g/mol. The summed E-state index contributed by atoms with van der Waals surface area (Å²) < 4.78 is 67.8. The molecule has 36 heavy (non-hydrogen) atoms. The van der Waals surface area contributed by atoms with E-state index in [0.717, 1.165) is 6.07 Å². The van der Waals surface area contributed by atoms with Gasteiger partial charge in [0.25, 0.3) is 5.91 Å². The van der Waals surface area contributed by atoms with Crippen molar-refractivity contribution >= 4 is 33.0 Å². The molecule has 0 spiro atoms. The Morgan fingerprint density at radius 3 is 2.33 bits per heavy atom. The molecule has 2 fully saturated rings. The minimum absolute atomic E-state index is 0.0725. The molecular weight excluding hydrogens is 519 g/mol. The molecule has 1 aromatic heterocycles. The Hall–Kier alpha value is -2.89. The van der Waals surface area contributed by atoms with Crippen molar-refractivity contribution in [2.45, 2.75) is 41.4 Å². The lowest BCUT2D eigenvalue weighted by Gasteiger charge is -2.39. The fourth-order valence-corrected chi connectivity index (χ4v) is 8.43. The second-order valence-corrected chi connectivity index (χ2v) is 11.8. The Morgan fingerprint density at radius 1 is 1.11 bits per heavy atom. The first-order valence-electron chi connectivity index (χ1n) is 11.2.